The molecule has 13 heavy (non-hydrogen) atoms. The maximum Gasteiger partial charge on any atom is 0.217 e. The smallest absolute Gasteiger partial charge is 0.217 e. The molecule has 0 amide bonds. The summed E-state index contributed by atoms with van der Waals surface area (Å²) >= 11 is 0. The fourth-order valence-corrected chi connectivity index (χ4v) is 0.998. The van der Waals surface area contributed by atoms with Crippen molar-refractivity contribution in [1.29, 1.82) is 0 Å². The van der Waals surface area contributed by atoms with Crippen molar-refractivity contribution in [3.8, 4) is 0 Å². The summed E-state index contributed by atoms with van der Waals surface area (Å²) in [4.78, 5) is 11.5. The monoisotopic (exact) mass is 190 g/mol. The van der Waals surface area contributed by atoms with Gasteiger partial charge in [0.2, 0.25) is 6.29 Å². The second-order valence-electron chi connectivity index (χ2n) is 2.89. The van der Waals surface area contributed by atoms with Crippen molar-refractivity contribution in [3.05, 3.63) is 0 Å². The van der Waals surface area contributed by atoms with E-state index in [9.17, 15) is 4.79 Å². The van der Waals surface area contributed by atoms with Crippen molar-refractivity contribution in [2.45, 2.75) is 19.6 Å². The van der Waals surface area contributed by atoms with Crippen LogP contribution in [-0.2, 0) is 19.0 Å². The van der Waals surface area contributed by atoms with Gasteiger partial charge in [-0.1, -0.05) is 6.92 Å². The van der Waals surface area contributed by atoms with E-state index in [-0.39, 0.29) is 11.7 Å². The Morgan fingerprint density at radius 3 is 2.15 bits per heavy atom. The van der Waals surface area contributed by atoms with Gasteiger partial charge in [-0.15, -0.1) is 0 Å². The number of methoxy groups -OCH3 is 3. The van der Waals surface area contributed by atoms with E-state index in [1.807, 2.05) is 6.92 Å². The fraction of sp³-hybridized carbons (Fsp3) is 0.889. The molecule has 0 fully saturated rings. The van der Waals surface area contributed by atoms with Gasteiger partial charge in [-0.25, -0.2) is 0 Å². The molecule has 0 rings (SSSR count). The summed E-state index contributed by atoms with van der Waals surface area (Å²) in [5, 5.41) is 0. The third-order valence-electron chi connectivity index (χ3n) is 1.90. The first-order chi connectivity index (χ1) is 6.17. The Hall–Kier alpha value is -0.450. The number of ketones is 1. The van der Waals surface area contributed by atoms with Crippen molar-refractivity contribution >= 4 is 5.78 Å². The van der Waals surface area contributed by atoms with Gasteiger partial charge in [0, 0.05) is 33.9 Å². The number of hydrogen-bond acceptors (Lipinski definition) is 4. The zero-order valence-electron chi connectivity index (χ0n) is 8.70. The topological polar surface area (TPSA) is 44.8 Å². The SMILES string of the molecule is COCCC(C)C(=O)C(OC)OC. The molecular formula is C9H18O4. The van der Waals surface area contributed by atoms with Crippen molar-refractivity contribution in [1.82, 2.24) is 0 Å². The molecule has 0 aliphatic rings. The summed E-state index contributed by atoms with van der Waals surface area (Å²) in [5.41, 5.74) is 0. The number of rotatable bonds is 7. The zero-order valence-corrected chi connectivity index (χ0v) is 8.70. The Bertz CT molecular complexity index is 143. The molecule has 0 N–H and O–H groups in total. The first-order valence-electron chi connectivity index (χ1n) is 4.25. The van der Waals surface area contributed by atoms with Crippen molar-refractivity contribution < 1.29 is 19.0 Å². The van der Waals surface area contributed by atoms with Crippen LogP contribution < -0.4 is 0 Å². The van der Waals surface area contributed by atoms with Crippen LogP contribution in [0.5, 0.6) is 0 Å². The highest BCUT2D eigenvalue weighted by atomic mass is 16.7. The minimum atomic E-state index is -0.744. The Morgan fingerprint density at radius 2 is 1.77 bits per heavy atom. The van der Waals surface area contributed by atoms with Crippen molar-refractivity contribution in [3.63, 3.8) is 0 Å². The van der Waals surface area contributed by atoms with Crippen LogP contribution in [-0.4, -0.2) is 40.0 Å². The minimum Gasteiger partial charge on any atom is -0.385 e. The fourth-order valence-electron chi connectivity index (χ4n) is 0.998. The van der Waals surface area contributed by atoms with Gasteiger partial charge in [0.05, 0.1) is 0 Å². The zero-order chi connectivity index (χ0) is 10.3. The van der Waals surface area contributed by atoms with E-state index in [4.69, 9.17) is 14.2 Å². The summed E-state index contributed by atoms with van der Waals surface area (Å²) in [6, 6.07) is 0. The van der Waals surface area contributed by atoms with Crippen LogP contribution in [0.3, 0.4) is 0 Å². The van der Waals surface area contributed by atoms with Gasteiger partial charge >= 0.3 is 0 Å². The molecule has 1 unspecified atom stereocenters. The maximum absolute atomic E-state index is 11.5. The van der Waals surface area contributed by atoms with Gasteiger partial charge in [-0.05, 0) is 6.42 Å². The Morgan fingerprint density at radius 1 is 1.23 bits per heavy atom. The van der Waals surface area contributed by atoms with Gasteiger partial charge < -0.3 is 14.2 Å². The molecule has 78 valence electrons. The van der Waals surface area contributed by atoms with Gasteiger partial charge in [0.15, 0.2) is 5.78 Å². The van der Waals surface area contributed by atoms with Gasteiger partial charge in [0.25, 0.3) is 0 Å². The molecule has 1 atom stereocenters. The molecule has 0 spiro atoms. The molecule has 0 saturated carbocycles. The van der Waals surface area contributed by atoms with Crippen LogP contribution in [0.25, 0.3) is 0 Å². The summed E-state index contributed by atoms with van der Waals surface area (Å²) < 4.78 is 14.6. The Balaban J connectivity index is 3.92. The molecule has 0 aromatic carbocycles. The van der Waals surface area contributed by atoms with Crippen LogP contribution in [0.2, 0.25) is 0 Å². The quantitative estimate of drug-likeness (QED) is 0.558. The summed E-state index contributed by atoms with van der Waals surface area (Å²) in [6.07, 6.45) is -0.0506. The van der Waals surface area contributed by atoms with Crippen molar-refractivity contribution in [2.24, 2.45) is 5.92 Å². The van der Waals surface area contributed by atoms with Gasteiger partial charge in [-0.3, -0.25) is 4.79 Å². The van der Waals surface area contributed by atoms with Crippen molar-refractivity contribution in [2.75, 3.05) is 27.9 Å². The van der Waals surface area contributed by atoms with Gasteiger partial charge in [-0.2, -0.15) is 0 Å². The predicted molar refractivity (Wildman–Crippen MR) is 48.5 cm³/mol. The summed E-state index contributed by atoms with van der Waals surface area (Å²) in [6.45, 7) is 2.42. The molecule has 4 nitrogen and oxygen atoms in total. The highest BCUT2D eigenvalue weighted by Gasteiger charge is 2.22. The highest BCUT2D eigenvalue weighted by molar-refractivity contribution is 5.83. The second kappa shape index (κ2) is 7.00. The first kappa shape index (κ1) is 12.6. The number of carbonyl (C=O) groups excluding carboxylic acids is 1. The minimum absolute atomic E-state index is 0.0398. The number of hydrogen-bond donors (Lipinski definition) is 0. The van der Waals surface area contributed by atoms with E-state index < -0.39 is 6.29 Å². The molecule has 0 aliphatic heterocycles. The first-order valence-corrected chi connectivity index (χ1v) is 4.25. The van der Waals surface area contributed by atoms with E-state index >= 15 is 0 Å². The van der Waals surface area contributed by atoms with E-state index in [0.29, 0.717) is 13.0 Å². The maximum atomic E-state index is 11.5. The molecule has 0 saturated heterocycles. The number of carbonyl (C=O) groups is 1. The Kier molecular flexibility index (Phi) is 6.76. The van der Waals surface area contributed by atoms with E-state index in [1.165, 1.54) is 14.2 Å². The van der Waals surface area contributed by atoms with Crippen LogP contribution >= 0.6 is 0 Å². The number of Topliss-reactive ketones (excluding diaryl/α,β-unsaturated/α-hetero) is 1. The summed E-state index contributed by atoms with van der Waals surface area (Å²) in [7, 11) is 4.52. The van der Waals surface area contributed by atoms with Crippen LogP contribution in [0, 0.1) is 5.92 Å². The molecule has 0 aromatic rings. The third kappa shape index (κ3) is 4.36. The largest absolute Gasteiger partial charge is 0.385 e. The highest BCUT2D eigenvalue weighted by Crippen LogP contribution is 2.08. The third-order valence-corrected chi connectivity index (χ3v) is 1.90. The lowest BCUT2D eigenvalue weighted by atomic mass is 10.0. The lowest BCUT2D eigenvalue weighted by Gasteiger charge is -2.16. The molecule has 4 heteroatoms. The van der Waals surface area contributed by atoms with E-state index in [0.717, 1.165) is 0 Å². The molecule has 0 bridgehead atoms. The van der Waals surface area contributed by atoms with E-state index in [2.05, 4.69) is 0 Å². The molecule has 0 aliphatic carbocycles. The average Bonchev–Trinajstić information content (AvgIpc) is 2.15. The molecule has 0 heterocycles. The molecular weight excluding hydrogens is 172 g/mol. The standard InChI is InChI=1S/C9H18O4/c1-7(5-6-11-2)8(10)9(12-3)13-4/h7,9H,5-6H2,1-4H3. The second-order valence-corrected chi connectivity index (χ2v) is 2.89. The van der Waals surface area contributed by atoms with Crippen LogP contribution in [0.1, 0.15) is 13.3 Å². The predicted octanol–water partition coefficient (Wildman–Crippen LogP) is 0.847. The van der Waals surface area contributed by atoms with Crippen LogP contribution in [0.15, 0.2) is 0 Å². The van der Waals surface area contributed by atoms with E-state index in [1.54, 1.807) is 7.11 Å². The Labute approximate surface area is 79.2 Å². The lowest BCUT2D eigenvalue weighted by molar-refractivity contribution is -0.160. The number of ether oxygens (including phenoxy) is 3. The molecule has 0 radical (unpaired) electrons. The normalized spacial score (nSPS) is 13.3. The van der Waals surface area contributed by atoms with Crippen LogP contribution in [0.4, 0.5) is 0 Å². The molecule has 0 aromatic heterocycles. The summed E-state index contributed by atoms with van der Waals surface area (Å²) in [5.74, 6) is -0.132. The average molecular weight is 190 g/mol. The van der Waals surface area contributed by atoms with Gasteiger partial charge in [0.1, 0.15) is 0 Å². The lowest BCUT2D eigenvalue weighted by Crippen LogP contribution is -2.30.